The van der Waals surface area contributed by atoms with Crippen molar-refractivity contribution >= 4 is 69.4 Å². The first-order chi connectivity index (χ1) is 5.57. The molecular formula is C5H3Br4N3. The number of pyridine rings is 1. The molecule has 0 atom stereocenters. The third-order valence-electron chi connectivity index (χ3n) is 1.14. The summed E-state index contributed by atoms with van der Waals surface area (Å²) < 4.78 is 2.93. The van der Waals surface area contributed by atoms with Crippen LogP contribution in [0.15, 0.2) is 18.2 Å². The van der Waals surface area contributed by atoms with Crippen LogP contribution in [0.4, 0.5) is 5.69 Å². The van der Waals surface area contributed by atoms with Gasteiger partial charge in [-0.2, -0.15) is 0 Å². The van der Waals surface area contributed by atoms with E-state index < -0.39 is 0 Å². The van der Waals surface area contributed by atoms with Crippen molar-refractivity contribution in [1.29, 1.82) is 0 Å². The maximum absolute atomic E-state index is 5.31. The second kappa shape index (κ2) is 4.36. The lowest BCUT2D eigenvalue weighted by atomic mass is 10.4. The van der Waals surface area contributed by atoms with Crippen molar-refractivity contribution in [3.8, 4) is 0 Å². The molecule has 0 spiro atoms. The van der Waals surface area contributed by atoms with Gasteiger partial charge in [-0.15, -0.1) is 0 Å². The SMILES string of the molecule is NNc1c(Br)c(Br)nc(Br)c1Br. The van der Waals surface area contributed by atoms with Crippen molar-refractivity contribution in [2.24, 2.45) is 5.84 Å². The normalized spacial score (nSPS) is 10.1. The zero-order chi connectivity index (χ0) is 9.30. The molecule has 0 aliphatic carbocycles. The minimum Gasteiger partial charge on any atom is -0.322 e. The van der Waals surface area contributed by atoms with E-state index in [1.165, 1.54) is 0 Å². The van der Waals surface area contributed by atoms with Crippen molar-refractivity contribution in [3.05, 3.63) is 18.2 Å². The first kappa shape index (κ1) is 10.9. The number of nitrogens with one attached hydrogen (secondary N) is 1. The van der Waals surface area contributed by atoms with Crippen LogP contribution in [0.25, 0.3) is 0 Å². The van der Waals surface area contributed by atoms with Crippen LogP contribution in [0.5, 0.6) is 0 Å². The summed E-state index contributed by atoms with van der Waals surface area (Å²) in [5.41, 5.74) is 3.29. The fourth-order valence-electron chi connectivity index (χ4n) is 0.614. The third kappa shape index (κ3) is 2.01. The summed E-state index contributed by atoms with van der Waals surface area (Å²) in [6, 6.07) is 0. The van der Waals surface area contributed by atoms with E-state index in [4.69, 9.17) is 5.84 Å². The van der Waals surface area contributed by atoms with E-state index in [1.807, 2.05) is 0 Å². The predicted molar refractivity (Wildman–Crippen MR) is 62.8 cm³/mol. The maximum Gasteiger partial charge on any atom is 0.123 e. The molecule has 66 valence electrons. The largest absolute Gasteiger partial charge is 0.322 e. The van der Waals surface area contributed by atoms with E-state index in [0.29, 0.717) is 9.21 Å². The molecule has 0 radical (unpaired) electrons. The number of halogens is 4. The van der Waals surface area contributed by atoms with Gasteiger partial charge in [-0.05, 0) is 63.7 Å². The maximum atomic E-state index is 5.31. The van der Waals surface area contributed by atoms with Crippen LogP contribution in [0.3, 0.4) is 0 Å². The Kier molecular flexibility index (Phi) is 3.97. The zero-order valence-electron chi connectivity index (χ0n) is 5.54. The smallest absolute Gasteiger partial charge is 0.123 e. The molecule has 0 saturated heterocycles. The Morgan fingerprint density at radius 3 is 1.75 bits per heavy atom. The fraction of sp³-hybridized carbons (Fsp3) is 0. The number of anilines is 1. The first-order valence-electron chi connectivity index (χ1n) is 2.74. The van der Waals surface area contributed by atoms with Crippen molar-refractivity contribution in [1.82, 2.24) is 4.98 Å². The highest BCUT2D eigenvalue weighted by molar-refractivity contribution is 9.14. The lowest BCUT2D eigenvalue weighted by molar-refractivity contribution is 1.17. The number of hydrogen-bond donors (Lipinski definition) is 2. The quantitative estimate of drug-likeness (QED) is 0.413. The van der Waals surface area contributed by atoms with E-state index in [0.717, 1.165) is 14.6 Å². The summed E-state index contributed by atoms with van der Waals surface area (Å²) in [6.07, 6.45) is 0. The molecule has 0 aliphatic heterocycles. The zero-order valence-corrected chi connectivity index (χ0v) is 11.9. The number of hydrogen-bond acceptors (Lipinski definition) is 3. The molecule has 12 heavy (non-hydrogen) atoms. The monoisotopic (exact) mass is 421 g/mol. The van der Waals surface area contributed by atoms with Gasteiger partial charge < -0.3 is 5.43 Å². The average molecular weight is 425 g/mol. The minimum atomic E-state index is 0.686. The standard InChI is InChI=1S/C5H3Br4N3/c6-1-3(12-10)2(7)5(9)11-4(1)8/h10H2,(H,11,12). The number of hydrazine groups is 1. The minimum absolute atomic E-state index is 0.686. The van der Waals surface area contributed by atoms with Gasteiger partial charge in [0.05, 0.1) is 14.6 Å². The van der Waals surface area contributed by atoms with Gasteiger partial charge >= 0.3 is 0 Å². The van der Waals surface area contributed by atoms with Gasteiger partial charge in [-0.25, -0.2) is 4.98 Å². The van der Waals surface area contributed by atoms with E-state index in [-0.39, 0.29) is 0 Å². The molecule has 0 bridgehead atoms. The molecule has 1 rings (SSSR count). The number of rotatable bonds is 1. The van der Waals surface area contributed by atoms with Gasteiger partial charge in [0, 0.05) is 0 Å². The van der Waals surface area contributed by atoms with E-state index in [9.17, 15) is 0 Å². The van der Waals surface area contributed by atoms with Crippen LogP contribution in [-0.2, 0) is 0 Å². The molecular weight excluding hydrogens is 422 g/mol. The summed E-state index contributed by atoms with van der Waals surface area (Å²) in [7, 11) is 0. The van der Waals surface area contributed by atoms with E-state index in [1.54, 1.807) is 0 Å². The number of nitrogens with two attached hydrogens (primary N) is 1. The van der Waals surface area contributed by atoms with Gasteiger partial charge in [0.2, 0.25) is 0 Å². The molecule has 0 fully saturated rings. The average Bonchev–Trinajstić information content (AvgIpc) is 2.02. The van der Waals surface area contributed by atoms with Gasteiger partial charge in [-0.1, -0.05) is 0 Å². The molecule has 0 amide bonds. The van der Waals surface area contributed by atoms with Crippen LogP contribution < -0.4 is 11.3 Å². The van der Waals surface area contributed by atoms with Crippen molar-refractivity contribution < 1.29 is 0 Å². The highest BCUT2D eigenvalue weighted by Crippen LogP contribution is 2.38. The topological polar surface area (TPSA) is 50.9 Å². The molecule has 0 aliphatic rings. The third-order valence-corrected chi connectivity index (χ3v) is 4.90. The molecule has 0 aromatic carbocycles. The Hall–Kier alpha value is 0.830. The molecule has 3 nitrogen and oxygen atoms in total. The molecule has 0 unspecified atom stereocenters. The number of aromatic nitrogens is 1. The Bertz CT molecular complexity index is 288. The Labute approximate surface area is 103 Å². The van der Waals surface area contributed by atoms with Crippen LogP contribution in [0.1, 0.15) is 0 Å². The van der Waals surface area contributed by atoms with E-state index >= 15 is 0 Å². The van der Waals surface area contributed by atoms with E-state index in [2.05, 4.69) is 74.1 Å². The van der Waals surface area contributed by atoms with Gasteiger partial charge in [0.15, 0.2) is 0 Å². The van der Waals surface area contributed by atoms with Crippen molar-refractivity contribution in [2.75, 3.05) is 5.43 Å². The summed E-state index contributed by atoms with van der Waals surface area (Å²) in [4.78, 5) is 4.13. The summed E-state index contributed by atoms with van der Waals surface area (Å²) in [5, 5.41) is 0. The first-order valence-corrected chi connectivity index (χ1v) is 5.91. The second-order valence-electron chi connectivity index (χ2n) is 1.84. The molecule has 0 saturated carbocycles. The summed E-state index contributed by atoms with van der Waals surface area (Å²) >= 11 is 13.2. The van der Waals surface area contributed by atoms with Gasteiger partial charge in [0.25, 0.3) is 0 Å². The summed E-state index contributed by atoms with van der Waals surface area (Å²) in [5.74, 6) is 5.31. The number of nitrogens with zero attached hydrogens (tertiary/aromatic N) is 1. The highest BCUT2D eigenvalue weighted by atomic mass is 79.9. The van der Waals surface area contributed by atoms with Crippen LogP contribution in [-0.4, -0.2) is 4.98 Å². The number of nitrogen functional groups attached to an aromatic ring is 1. The van der Waals surface area contributed by atoms with Crippen LogP contribution in [0, 0.1) is 0 Å². The summed E-state index contributed by atoms with van der Waals surface area (Å²) in [6.45, 7) is 0. The highest BCUT2D eigenvalue weighted by Gasteiger charge is 2.12. The lowest BCUT2D eigenvalue weighted by Crippen LogP contribution is -2.09. The van der Waals surface area contributed by atoms with Gasteiger partial charge in [0.1, 0.15) is 9.21 Å². The Morgan fingerprint density at radius 2 is 1.42 bits per heavy atom. The van der Waals surface area contributed by atoms with Crippen LogP contribution >= 0.6 is 63.7 Å². The molecule has 1 heterocycles. The molecule has 1 aromatic rings. The molecule has 7 heteroatoms. The fourth-order valence-corrected chi connectivity index (χ4v) is 2.67. The molecule has 1 aromatic heterocycles. The van der Waals surface area contributed by atoms with Crippen LogP contribution in [0.2, 0.25) is 0 Å². The second-order valence-corrected chi connectivity index (χ2v) is 4.93. The van der Waals surface area contributed by atoms with Gasteiger partial charge in [-0.3, -0.25) is 5.84 Å². The Balaban J connectivity index is 3.42. The van der Waals surface area contributed by atoms with Crippen molar-refractivity contribution in [3.63, 3.8) is 0 Å². The molecule has 3 N–H and O–H groups in total. The predicted octanol–water partition coefficient (Wildman–Crippen LogP) is 3.42. The van der Waals surface area contributed by atoms with Crippen molar-refractivity contribution in [2.45, 2.75) is 0 Å². The Morgan fingerprint density at radius 1 is 1.00 bits per heavy atom. The lowest BCUT2D eigenvalue weighted by Gasteiger charge is -2.08.